The Morgan fingerprint density at radius 2 is 1.97 bits per heavy atom. The number of nitrogens with zero attached hydrogens (tertiary/aromatic N) is 2. The van der Waals surface area contributed by atoms with Gasteiger partial charge in [0.1, 0.15) is 0 Å². The van der Waals surface area contributed by atoms with Crippen LogP contribution in [-0.2, 0) is 6.42 Å². The molecule has 0 unspecified atom stereocenters. The Bertz CT molecular complexity index is 786. The highest BCUT2D eigenvalue weighted by molar-refractivity contribution is 5.59. The van der Waals surface area contributed by atoms with Crippen molar-refractivity contribution >= 4 is 5.69 Å². The summed E-state index contributed by atoms with van der Waals surface area (Å²) in [6.45, 7) is 13.3. The number of fused-ring (bicyclic) bond motifs is 1. The van der Waals surface area contributed by atoms with Crippen molar-refractivity contribution in [3.8, 4) is 0 Å². The van der Waals surface area contributed by atoms with Gasteiger partial charge in [0.2, 0.25) is 0 Å². The largest absolute Gasteiger partial charge is 0.377 e. The molecule has 2 rings (SSSR count). The highest BCUT2D eigenvalue weighted by Crippen LogP contribution is 2.29. The molecule has 4 nitrogen and oxygen atoms in total. The fourth-order valence-corrected chi connectivity index (χ4v) is 3.50. The molecule has 0 fully saturated rings. The van der Waals surface area contributed by atoms with Gasteiger partial charge in [0.25, 0.3) is 0 Å². The van der Waals surface area contributed by atoms with Gasteiger partial charge in [0.05, 0.1) is 6.67 Å². The van der Waals surface area contributed by atoms with Crippen LogP contribution in [0.3, 0.4) is 0 Å². The molecule has 0 aromatic heterocycles. The van der Waals surface area contributed by atoms with E-state index in [4.69, 9.17) is 5.84 Å². The van der Waals surface area contributed by atoms with E-state index in [1.807, 2.05) is 6.20 Å². The zero-order valence-corrected chi connectivity index (χ0v) is 18.8. The lowest BCUT2D eigenvalue weighted by Gasteiger charge is -2.31. The molecular formula is C25H38N4. The van der Waals surface area contributed by atoms with Crippen molar-refractivity contribution in [1.29, 1.82) is 0 Å². The van der Waals surface area contributed by atoms with Crippen LogP contribution in [0.25, 0.3) is 0 Å². The fraction of sp³-hybridized carbons (Fsp3) is 0.440. The molecule has 0 amide bonds. The smallest absolute Gasteiger partial charge is 0.0808 e. The van der Waals surface area contributed by atoms with Gasteiger partial charge in [-0.05, 0) is 76.9 Å². The Morgan fingerprint density at radius 1 is 1.21 bits per heavy atom. The minimum atomic E-state index is 0.608. The number of benzene rings is 1. The van der Waals surface area contributed by atoms with E-state index < -0.39 is 0 Å². The van der Waals surface area contributed by atoms with Crippen LogP contribution < -0.4 is 16.1 Å². The van der Waals surface area contributed by atoms with Crippen LogP contribution in [0.15, 0.2) is 71.1 Å². The molecule has 3 N–H and O–H groups in total. The number of rotatable bonds is 9. The second kappa shape index (κ2) is 11.6. The molecule has 0 aliphatic carbocycles. The van der Waals surface area contributed by atoms with E-state index in [0.717, 1.165) is 19.5 Å². The van der Waals surface area contributed by atoms with E-state index in [1.54, 1.807) is 5.01 Å². The summed E-state index contributed by atoms with van der Waals surface area (Å²) in [6, 6.07) is 8.70. The van der Waals surface area contributed by atoms with Crippen molar-refractivity contribution < 1.29 is 0 Å². The number of hydrogen-bond donors (Lipinski definition) is 2. The van der Waals surface area contributed by atoms with Crippen molar-refractivity contribution in [3.05, 3.63) is 76.7 Å². The summed E-state index contributed by atoms with van der Waals surface area (Å²) in [5.74, 6) is 6.15. The summed E-state index contributed by atoms with van der Waals surface area (Å²) in [5, 5.41) is 5.08. The quantitative estimate of drug-likeness (QED) is 0.259. The predicted octanol–water partition coefficient (Wildman–Crippen LogP) is 5.27. The maximum Gasteiger partial charge on any atom is 0.0808 e. The number of nitrogens with two attached hydrogens (primary N) is 1. The van der Waals surface area contributed by atoms with Crippen LogP contribution in [0.1, 0.15) is 53.0 Å². The Hall–Kier alpha value is -2.30. The van der Waals surface area contributed by atoms with Gasteiger partial charge in [0, 0.05) is 24.5 Å². The van der Waals surface area contributed by atoms with Gasteiger partial charge in [-0.15, -0.1) is 0 Å². The van der Waals surface area contributed by atoms with E-state index in [9.17, 15) is 0 Å². The Labute approximate surface area is 177 Å². The molecule has 158 valence electrons. The van der Waals surface area contributed by atoms with E-state index in [-0.39, 0.29) is 0 Å². The molecule has 1 aromatic rings. The molecule has 29 heavy (non-hydrogen) atoms. The molecule has 1 aromatic carbocycles. The molecule has 0 radical (unpaired) electrons. The van der Waals surface area contributed by atoms with E-state index in [0.29, 0.717) is 6.67 Å². The lowest BCUT2D eigenvalue weighted by molar-refractivity contribution is 0.296. The fourth-order valence-electron chi connectivity index (χ4n) is 3.50. The van der Waals surface area contributed by atoms with Gasteiger partial charge in [-0.3, -0.25) is 5.84 Å². The third kappa shape index (κ3) is 7.22. The van der Waals surface area contributed by atoms with Crippen molar-refractivity contribution in [2.24, 2.45) is 5.84 Å². The van der Waals surface area contributed by atoms with Crippen LogP contribution in [0, 0.1) is 0 Å². The molecule has 1 heterocycles. The second-order valence-electron chi connectivity index (χ2n) is 7.97. The van der Waals surface area contributed by atoms with Crippen LogP contribution in [0.2, 0.25) is 0 Å². The maximum atomic E-state index is 6.15. The number of nitrogens with one attached hydrogen (secondary N) is 1. The Balaban J connectivity index is 1.84. The molecular weight excluding hydrogens is 356 g/mol. The molecule has 0 saturated heterocycles. The minimum absolute atomic E-state index is 0.608. The summed E-state index contributed by atoms with van der Waals surface area (Å²) in [5.41, 5.74) is 8.03. The summed E-state index contributed by atoms with van der Waals surface area (Å²) < 4.78 is 0. The van der Waals surface area contributed by atoms with Gasteiger partial charge in [-0.25, -0.2) is 5.01 Å². The van der Waals surface area contributed by atoms with E-state index >= 15 is 0 Å². The second-order valence-corrected chi connectivity index (χ2v) is 7.97. The monoisotopic (exact) mass is 394 g/mol. The van der Waals surface area contributed by atoms with Crippen molar-refractivity contribution in [2.75, 3.05) is 24.7 Å². The Kier molecular flexibility index (Phi) is 9.23. The molecule has 0 bridgehead atoms. The predicted molar refractivity (Wildman–Crippen MR) is 126 cm³/mol. The van der Waals surface area contributed by atoms with Crippen LogP contribution in [-0.4, -0.2) is 24.8 Å². The summed E-state index contributed by atoms with van der Waals surface area (Å²) in [6.07, 6.45) is 11.9. The number of aryl methyl sites for hydroxylation is 1. The molecule has 4 heteroatoms. The van der Waals surface area contributed by atoms with Crippen LogP contribution in [0.4, 0.5) is 5.69 Å². The average Bonchev–Trinajstić information content (AvgIpc) is 2.72. The molecule has 1 aliphatic rings. The van der Waals surface area contributed by atoms with Crippen LogP contribution in [0.5, 0.6) is 0 Å². The number of allylic oxidation sites excluding steroid dienone is 6. The highest BCUT2D eigenvalue weighted by atomic mass is 15.4. The third-order valence-corrected chi connectivity index (χ3v) is 5.52. The lowest BCUT2D eigenvalue weighted by atomic mass is 10.0. The van der Waals surface area contributed by atoms with Gasteiger partial charge in [0.15, 0.2) is 0 Å². The summed E-state index contributed by atoms with van der Waals surface area (Å²) in [4.78, 5) is 2.40. The molecule has 0 atom stereocenters. The third-order valence-electron chi connectivity index (χ3n) is 5.52. The van der Waals surface area contributed by atoms with Crippen molar-refractivity contribution in [2.45, 2.75) is 53.9 Å². The summed E-state index contributed by atoms with van der Waals surface area (Å²) >= 11 is 0. The molecule has 0 spiro atoms. The van der Waals surface area contributed by atoms with Gasteiger partial charge < -0.3 is 10.2 Å². The first-order valence-electron chi connectivity index (χ1n) is 10.7. The first-order valence-corrected chi connectivity index (χ1v) is 10.7. The van der Waals surface area contributed by atoms with Crippen LogP contribution >= 0.6 is 0 Å². The zero-order valence-electron chi connectivity index (χ0n) is 18.8. The number of anilines is 1. The van der Waals surface area contributed by atoms with E-state index in [1.165, 1.54) is 46.5 Å². The maximum absolute atomic E-state index is 6.15. The van der Waals surface area contributed by atoms with Gasteiger partial charge >= 0.3 is 0 Å². The number of hydrogen-bond acceptors (Lipinski definition) is 4. The van der Waals surface area contributed by atoms with Crippen molar-refractivity contribution in [3.63, 3.8) is 0 Å². The highest BCUT2D eigenvalue weighted by Gasteiger charge is 2.16. The lowest BCUT2D eigenvalue weighted by Crippen LogP contribution is -2.38. The van der Waals surface area contributed by atoms with Crippen molar-refractivity contribution in [1.82, 2.24) is 10.3 Å². The molecule has 1 aliphatic heterocycles. The first-order chi connectivity index (χ1) is 13.9. The standard InChI is InChI=1S/C25H38N4/c1-6-20(2)17-21(3)22(4)18-28(26)19-27-15-9-11-23(5)29-16-10-13-24-12-7-8-14-25(24)29/h7-9,11-12,14-15,17,27H,6,10,13,16,18-19,26H2,1-5H3/b15-9-,20-17-,22-21+,23-11+. The van der Waals surface area contributed by atoms with Gasteiger partial charge in [-0.2, -0.15) is 0 Å². The number of para-hydroxylation sites is 1. The van der Waals surface area contributed by atoms with E-state index in [2.05, 4.69) is 87.3 Å². The zero-order chi connectivity index (χ0) is 21.2. The Morgan fingerprint density at radius 3 is 2.72 bits per heavy atom. The minimum Gasteiger partial charge on any atom is -0.377 e. The number of hydrazine groups is 1. The topological polar surface area (TPSA) is 44.5 Å². The first kappa shape index (κ1) is 23.0. The average molecular weight is 395 g/mol. The summed E-state index contributed by atoms with van der Waals surface area (Å²) in [7, 11) is 0. The van der Waals surface area contributed by atoms with Gasteiger partial charge in [-0.1, -0.05) is 47.9 Å². The normalized spacial score (nSPS) is 16.3. The SMILES string of the molecule is CC/C(C)=C\C(C)=C(/C)CN(N)CN/C=C\C=C(/C)N1CCCc2ccccc21. The molecule has 0 saturated carbocycles.